The van der Waals surface area contributed by atoms with Crippen molar-refractivity contribution in [2.24, 2.45) is 0 Å². The topological polar surface area (TPSA) is 81.7 Å². The zero-order valence-corrected chi connectivity index (χ0v) is 15.6. The van der Waals surface area contributed by atoms with E-state index in [1.54, 1.807) is 20.8 Å². The molecule has 0 aromatic carbocycles. The first-order valence-corrected chi connectivity index (χ1v) is 8.44. The van der Waals surface area contributed by atoms with Crippen molar-refractivity contribution >= 4 is 69.0 Å². The smallest absolute Gasteiger partial charge is 0.348 e. The minimum Gasteiger partial charge on any atom is -0.462 e. The van der Waals surface area contributed by atoms with E-state index in [0.29, 0.717) is 5.56 Å². The van der Waals surface area contributed by atoms with Gasteiger partial charge >= 0.3 is 11.9 Å². The number of halogens is 3. The van der Waals surface area contributed by atoms with Gasteiger partial charge in [0.25, 0.3) is 9.70 Å². The van der Waals surface area contributed by atoms with Crippen LogP contribution in [0, 0.1) is 6.92 Å². The highest BCUT2D eigenvalue weighted by Gasteiger charge is 2.34. The van der Waals surface area contributed by atoms with Crippen molar-refractivity contribution in [3.8, 4) is 0 Å². The van der Waals surface area contributed by atoms with Crippen molar-refractivity contribution in [1.29, 1.82) is 0 Å². The van der Waals surface area contributed by atoms with E-state index in [-0.39, 0.29) is 28.7 Å². The molecule has 0 saturated carbocycles. The number of thiophene rings is 1. The lowest BCUT2D eigenvalue weighted by atomic mass is 10.1. The Labute approximate surface area is 152 Å². The van der Waals surface area contributed by atoms with E-state index >= 15 is 0 Å². The average molecular weight is 403 g/mol. The van der Waals surface area contributed by atoms with Gasteiger partial charge in [-0.05, 0) is 26.3 Å². The van der Waals surface area contributed by atoms with Gasteiger partial charge in [0.15, 0.2) is 0 Å². The molecule has 6 nitrogen and oxygen atoms in total. The maximum Gasteiger partial charge on any atom is 0.348 e. The van der Waals surface area contributed by atoms with Crippen LogP contribution in [-0.2, 0) is 14.3 Å². The monoisotopic (exact) mass is 401 g/mol. The molecule has 0 spiro atoms. The molecular weight excluding hydrogens is 389 g/mol. The molecule has 0 radical (unpaired) electrons. The molecule has 0 atom stereocenters. The highest BCUT2D eigenvalue weighted by molar-refractivity contribution is 7.18. The van der Waals surface area contributed by atoms with E-state index in [2.05, 4.69) is 5.32 Å². The summed E-state index contributed by atoms with van der Waals surface area (Å²) in [6.45, 7) is 5.12. The van der Waals surface area contributed by atoms with Crippen molar-refractivity contribution in [2.75, 3.05) is 18.5 Å². The predicted octanol–water partition coefficient (Wildman–Crippen LogP) is 3.72. The van der Waals surface area contributed by atoms with E-state index in [9.17, 15) is 14.4 Å². The summed E-state index contributed by atoms with van der Waals surface area (Å²) in [6, 6.07) is 0. The fourth-order valence-electron chi connectivity index (χ4n) is 1.62. The number of carbonyl (C=O) groups excluding carboxylic acids is 3. The Morgan fingerprint density at radius 1 is 1.09 bits per heavy atom. The van der Waals surface area contributed by atoms with Crippen LogP contribution in [0.1, 0.15) is 39.4 Å². The summed E-state index contributed by atoms with van der Waals surface area (Å²) in [4.78, 5) is 36.0. The van der Waals surface area contributed by atoms with Gasteiger partial charge in [0, 0.05) is 0 Å². The molecule has 1 amide bonds. The predicted molar refractivity (Wildman–Crippen MR) is 89.9 cm³/mol. The summed E-state index contributed by atoms with van der Waals surface area (Å²) < 4.78 is 7.64. The summed E-state index contributed by atoms with van der Waals surface area (Å²) in [5.74, 6) is -2.27. The number of ether oxygens (including phenoxy) is 2. The third-order valence-electron chi connectivity index (χ3n) is 2.57. The van der Waals surface area contributed by atoms with Crippen molar-refractivity contribution < 1.29 is 23.9 Å². The second kappa shape index (κ2) is 8.19. The first kappa shape index (κ1) is 20.0. The van der Waals surface area contributed by atoms with Crippen LogP contribution in [-0.4, -0.2) is 34.9 Å². The SMILES string of the molecule is CCOC(=O)c1sc(NC(=O)C(Cl)(Cl)Cl)c(C(=O)OCC)c1C. The van der Waals surface area contributed by atoms with Crippen LogP contribution in [0.3, 0.4) is 0 Å². The Morgan fingerprint density at radius 2 is 1.61 bits per heavy atom. The molecule has 0 unspecified atom stereocenters. The molecule has 1 N–H and O–H groups in total. The summed E-state index contributed by atoms with van der Waals surface area (Å²) in [7, 11) is 0. The molecule has 128 valence electrons. The second-order valence-electron chi connectivity index (χ2n) is 4.15. The zero-order chi connectivity index (χ0) is 17.8. The Hall–Kier alpha value is -1.02. The quantitative estimate of drug-likeness (QED) is 0.599. The number of hydrogen-bond donors (Lipinski definition) is 1. The van der Waals surface area contributed by atoms with Crippen molar-refractivity contribution in [3.63, 3.8) is 0 Å². The van der Waals surface area contributed by atoms with Crippen LogP contribution in [0.2, 0.25) is 0 Å². The molecule has 0 aliphatic rings. The fraction of sp³-hybridized carbons (Fsp3) is 0.462. The Morgan fingerprint density at radius 3 is 2.09 bits per heavy atom. The molecule has 0 fully saturated rings. The lowest BCUT2D eigenvalue weighted by Gasteiger charge is -2.11. The molecule has 0 aliphatic heterocycles. The number of alkyl halides is 3. The van der Waals surface area contributed by atoms with E-state index in [1.807, 2.05) is 0 Å². The third-order valence-corrected chi connectivity index (χ3v) is 4.27. The van der Waals surface area contributed by atoms with Gasteiger partial charge in [0.1, 0.15) is 9.88 Å². The molecule has 10 heteroatoms. The van der Waals surface area contributed by atoms with Crippen LogP contribution in [0.25, 0.3) is 0 Å². The third kappa shape index (κ3) is 4.97. The molecule has 1 rings (SSSR count). The van der Waals surface area contributed by atoms with Gasteiger partial charge in [-0.3, -0.25) is 4.79 Å². The summed E-state index contributed by atoms with van der Waals surface area (Å²) >= 11 is 17.4. The molecule has 1 heterocycles. The van der Waals surface area contributed by atoms with E-state index in [4.69, 9.17) is 44.3 Å². The summed E-state index contributed by atoms with van der Waals surface area (Å²) in [5.41, 5.74) is 0.356. The average Bonchev–Trinajstić information content (AvgIpc) is 2.75. The number of amides is 1. The number of nitrogens with one attached hydrogen (secondary N) is 1. The van der Waals surface area contributed by atoms with Crippen molar-refractivity contribution in [3.05, 3.63) is 16.0 Å². The van der Waals surface area contributed by atoms with Crippen LogP contribution < -0.4 is 5.32 Å². The lowest BCUT2D eigenvalue weighted by molar-refractivity contribution is -0.115. The maximum absolute atomic E-state index is 12.1. The number of hydrogen-bond acceptors (Lipinski definition) is 6. The van der Waals surface area contributed by atoms with Crippen LogP contribution in [0.5, 0.6) is 0 Å². The Balaban J connectivity index is 3.31. The van der Waals surface area contributed by atoms with E-state index in [1.165, 1.54) is 0 Å². The minimum atomic E-state index is -2.21. The first-order valence-electron chi connectivity index (χ1n) is 6.49. The highest BCUT2D eigenvalue weighted by Crippen LogP contribution is 2.36. The first-order chi connectivity index (χ1) is 10.6. The largest absolute Gasteiger partial charge is 0.462 e. The maximum atomic E-state index is 12.1. The highest BCUT2D eigenvalue weighted by atomic mass is 35.6. The molecule has 23 heavy (non-hydrogen) atoms. The van der Waals surface area contributed by atoms with Crippen LogP contribution in [0.4, 0.5) is 5.00 Å². The van der Waals surface area contributed by atoms with Gasteiger partial charge in [-0.25, -0.2) is 9.59 Å². The molecule has 0 bridgehead atoms. The van der Waals surface area contributed by atoms with Crippen molar-refractivity contribution in [2.45, 2.75) is 24.6 Å². The van der Waals surface area contributed by atoms with E-state index < -0.39 is 21.6 Å². The molecule has 0 aliphatic carbocycles. The van der Waals surface area contributed by atoms with Gasteiger partial charge in [-0.2, -0.15) is 0 Å². The normalized spacial score (nSPS) is 11.0. The number of anilines is 1. The van der Waals surface area contributed by atoms with Crippen LogP contribution in [0.15, 0.2) is 0 Å². The second-order valence-corrected chi connectivity index (χ2v) is 7.45. The van der Waals surface area contributed by atoms with Gasteiger partial charge in [0.2, 0.25) is 0 Å². The van der Waals surface area contributed by atoms with E-state index in [0.717, 1.165) is 11.3 Å². The van der Waals surface area contributed by atoms with Gasteiger partial charge in [-0.15, -0.1) is 11.3 Å². The summed E-state index contributed by atoms with van der Waals surface area (Å²) in [6.07, 6.45) is 0. The van der Waals surface area contributed by atoms with Crippen molar-refractivity contribution in [1.82, 2.24) is 0 Å². The fourth-order valence-corrected chi connectivity index (χ4v) is 2.84. The molecule has 1 aromatic rings. The Kier molecular flexibility index (Phi) is 7.13. The Bertz CT molecular complexity index is 624. The summed E-state index contributed by atoms with van der Waals surface area (Å²) in [5, 5.41) is 2.38. The molecular formula is C13H14Cl3NO5S. The van der Waals surface area contributed by atoms with Gasteiger partial charge in [0.05, 0.1) is 18.8 Å². The minimum absolute atomic E-state index is 0.0301. The lowest BCUT2D eigenvalue weighted by Crippen LogP contribution is -2.27. The molecule has 1 aromatic heterocycles. The standard InChI is InChI=1S/C13H14Cl3NO5S/c1-4-21-10(18)7-6(3)8(11(19)22-5-2)23-9(7)17-12(20)13(14,15)16/h4-5H2,1-3H3,(H,17,20). The zero-order valence-electron chi connectivity index (χ0n) is 12.5. The van der Waals surface area contributed by atoms with Gasteiger partial charge in [-0.1, -0.05) is 34.8 Å². The number of rotatable bonds is 5. The van der Waals surface area contributed by atoms with Gasteiger partial charge < -0.3 is 14.8 Å². The van der Waals surface area contributed by atoms with Crippen LogP contribution >= 0.6 is 46.1 Å². The molecule has 0 saturated heterocycles. The number of esters is 2. The number of carbonyl (C=O) groups is 3.